The van der Waals surface area contributed by atoms with Crippen LogP contribution in [0.15, 0.2) is 10.6 Å². The van der Waals surface area contributed by atoms with Crippen molar-refractivity contribution in [2.24, 2.45) is 0 Å². The Labute approximate surface area is 161 Å². The fraction of sp³-hybridized carbons (Fsp3) is 0.526. The van der Waals surface area contributed by atoms with Gasteiger partial charge in [-0.1, -0.05) is 5.16 Å². The van der Waals surface area contributed by atoms with E-state index in [1.54, 1.807) is 4.90 Å². The maximum absolute atomic E-state index is 15.3. The number of halogens is 1. The van der Waals surface area contributed by atoms with Gasteiger partial charge in [0.05, 0.1) is 29.3 Å². The molecule has 1 N–H and O–H groups in total. The molecule has 0 unspecified atom stereocenters. The van der Waals surface area contributed by atoms with Crippen molar-refractivity contribution in [3.63, 3.8) is 0 Å². The summed E-state index contributed by atoms with van der Waals surface area (Å²) >= 11 is 0. The van der Waals surface area contributed by atoms with E-state index in [1.807, 2.05) is 20.9 Å². The third-order valence-electron chi connectivity index (χ3n) is 5.19. The van der Waals surface area contributed by atoms with Gasteiger partial charge in [-0.2, -0.15) is 0 Å². The number of anilines is 1. The molecule has 9 heteroatoms. The molecule has 0 spiro atoms. The first-order valence-corrected chi connectivity index (χ1v) is 9.34. The van der Waals surface area contributed by atoms with Crippen LogP contribution in [-0.4, -0.2) is 73.7 Å². The smallest absolute Gasteiger partial charge is 0.274 e. The van der Waals surface area contributed by atoms with E-state index in [1.165, 1.54) is 6.07 Å². The number of carbonyl (C=O) groups is 2. The molecule has 2 aliphatic rings. The normalized spacial score (nSPS) is 23.6. The van der Waals surface area contributed by atoms with E-state index in [-0.39, 0.29) is 46.2 Å². The molecular formula is C19H23FN4O4. The number of ether oxygens (including phenoxy) is 1. The first-order valence-electron chi connectivity index (χ1n) is 9.34. The summed E-state index contributed by atoms with van der Waals surface area (Å²) in [6.45, 7) is 6.18. The monoisotopic (exact) mass is 390 g/mol. The molecule has 0 bridgehead atoms. The second kappa shape index (κ2) is 7.14. The van der Waals surface area contributed by atoms with Crippen LogP contribution in [-0.2, 0) is 4.74 Å². The summed E-state index contributed by atoms with van der Waals surface area (Å²) in [4.78, 5) is 28.1. The fourth-order valence-electron chi connectivity index (χ4n) is 4.03. The number of hydrogen-bond acceptors (Lipinski definition) is 7. The Morgan fingerprint density at radius 1 is 1.29 bits per heavy atom. The third kappa shape index (κ3) is 3.24. The van der Waals surface area contributed by atoms with E-state index >= 15 is 4.39 Å². The summed E-state index contributed by atoms with van der Waals surface area (Å²) in [7, 11) is 1.95. The molecule has 150 valence electrons. The predicted molar refractivity (Wildman–Crippen MR) is 100 cm³/mol. The van der Waals surface area contributed by atoms with Gasteiger partial charge in [0.15, 0.2) is 17.8 Å². The molecule has 28 heavy (non-hydrogen) atoms. The van der Waals surface area contributed by atoms with Crippen molar-refractivity contribution in [3.8, 4) is 0 Å². The van der Waals surface area contributed by atoms with Crippen LogP contribution in [0.1, 0.15) is 34.7 Å². The minimum absolute atomic E-state index is 0.0122. The van der Waals surface area contributed by atoms with Crippen molar-refractivity contribution < 1.29 is 23.2 Å². The highest BCUT2D eigenvalue weighted by molar-refractivity contribution is 6.07. The first kappa shape index (κ1) is 18.8. The maximum atomic E-state index is 15.3. The van der Waals surface area contributed by atoms with Gasteiger partial charge in [0, 0.05) is 31.7 Å². The number of amides is 1. The Morgan fingerprint density at radius 3 is 2.57 bits per heavy atom. The Bertz CT molecular complexity index is 914. The van der Waals surface area contributed by atoms with Crippen molar-refractivity contribution in [1.29, 1.82) is 0 Å². The molecular weight excluding hydrogens is 367 g/mol. The minimum Gasteiger partial charge on any atom is -0.372 e. The zero-order valence-electron chi connectivity index (χ0n) is 16.1. The summed E-state index contributed by atoms with van der Waals surface area (Å²) in [5.41, 5.74) is 0.185. The number of carbonyl (C=O) groups excluding carboxylic acids is 2. The van der Waals surface area contributed by atoms with E-state index < -0.39 is 11.7 Å². The standard InChI is InChI=1S/C19H23FN4O4/c1-10-5-24(6-11(2)27-10)17-12(9-25)4-14-16(22-28-18(14)15(17)20)19(26)21-13-7-23(3)8-13/h4,9-11,13H,5-8H2,1-3H3,(H,21,26)/t10-,11+. The number of benzene rings is 1. The molecule has 0 radical (unpaired) electrons. The number of hydrogen-bond donors (Lipinski definition) is 1. The molecule has 1 aromatic carbocycles. The van der Waals surface area contributed by atoms with Crippen LogP contribution in [0.3, 0.4) is 0 Å². The number of aromatic nitrogens is 1. The lowest BCUT2D eigenvalue weighted by Gasteiger charge is -2.37. The molecule has 0 aliphatic carbocycles. The number of morpholine rings is 1. The highest BCUT2D eigenvalue weighted by Gasteiger charge is 2.31. The molecule has 1 amide bonds. The lowest BCUT2D eigenvalue weighted by Crippen LogP contribution is -2.57. The van der Waals surface area contributed by atoms with Crippen LogP contribution in [0.4, 0.5) is 10.1 Å². The highest BCUT2D eigenvalue weighted by atomic mass is 19.1. The van der Waals surface area contributed by atoms with Crippen LogP contribution < -0.4 is 10.2 Å². The Morgan fingerprint density at radius 2 is 1.96 bits per heavy atom. The van der Waals surface area contributed by atoms with Crippen LogP contribution in [0.25, 0.3) is 11.0 Å². The number of nitrogens with one attached hydrogen (secondary N) is 1. The van der Waals surface area contributed by atoms with Crippen molar-refractivity contribution >= 4 is 28.8 Å². The van der Waals surface area contributed by atoms with Crippen LogP contribution in [0.5, 0.6) is 0 Å². The van der Waals surface area contributed by atoms with Crippen molar-refractivity contribution in [1.82, 2.24) is 15.4 Å². The topological polar surface area (TPSA) is 87.9 Å². The number of fused-ring (bicyclic) bond motifs is 1. The lowest BCUT2D eigenvalue weighted by molar-refractivity contribution is -0.00543. The second-order valence-electron chi connectivity index (χ2n) is 7.71. The van der Waals surface area contributed by atoms with Gasteiger partial charge in [0.2, 0.25) is 5.58 Å². The van der Waals surface area contributed by atoms with Crippen molar-refractivity contribution in [2.45, 2.75) is 32.1 Å². The molecule has 2 fully saturated rings. The average Bonchev–Trinajstić information content (AvgIpc) is 3.03. The van der Waals surface area contributed by atoms with Gasteiger partial charge in [-0.3, -0.25) is 9.59 Å². The van der Waals surface area contributed by atoms with E-state index in [2.05, 4.69) is 15.4 Å². The van der Waals surface area contributed by atoms with Gasteiger partial charge in [-0.15, -0.1) is 0 Å². The number of likely N-dealkylation sites (tertiary alicyclic amines) is 1. The zero-order chi connectivity index (χ0) is 20.0. The van der Waals surface area contributed by atoms with Crippen molar-refractivity contribution in [3.05, 3.63) is 23.1 Å². The Balaban J connectivity index is 1.70. The third-order valence-corrected chi connectivity index (χ3v) is 5.19. The molecule has 2 saturated heterocycles. The van der Waals surface area contributed by atoms with E-state index in [9.17, 15) is 9.59 Å². The second-order valence-corrected chi connectivity index (χ2v) is 7.71. The summed E-state index contributed by atoms with van der Waals surface area (Å²) in [6, 6.07) is 1.50. The largest absolute Gasteiger partial charge is 0.372 e. The van der Waals surface area contributed by atoms with Crippen LogP contribution in [0.2, 0.25) is 0 Å². The molecule has 8 nitrogen and oxygen atoms in total. The average molecular weight is 390 g/mol. The van der Waals surface area contributed by atoms with Gasteiger partial charge in [-0.05, 0) is 27.0 Å². The Hall–Kier alpha value is -2.52. The summed E-state index contributed by atoms with van der Waals surface area (Å²) < 4.78 is 26.2. The molecule has 2 atom stereocenters. The lowest BCUT2D eigenvalue weighted by atomic mass is 10.0. The molecule has 2 aromatic rings. The van der Waals surface area contributed by atoms with Gasteiger partial charge in [0.1, 0.15) is 0 Å². The fourth-order valence-corrected chi connectivity index (χ4v) is 4.03. The van der Waals surface area contributed by atoms with Crippen LogP contribution >= 0.6 is 0 Å². The molecule has 2 aliphatic heterocycles. The van der Waals surface area contributed by atoms with E-state index in [0.29, 0.717) is 19.4 Å². The summed E-state index contributed by atoms with van der Waals surface area (Å²) in [5.74, 6) is -1.12. The number of rotatable bonds is 4. The van der Waals surface area contributed by atoms with Gasteiger partial charge in [0.25, 0.3) is 5.91 Å². The number of nitrogens with zero attached hydrogens (tertiary/aromatic N) is 3. The Kier molecular flexibility index (Phi) is 4.80. The van der Waals surface area contributed by atoms with Crippen LogP contribution in [0, 0.1) is 5.82 Å². The van der Waals surface area contributed by atoms with E-state index in [4.69, 9.17) is 9.26 Å². The maximum Gasteiger partial charge on any atom is 0.274 e. The zero-order valence-corrected chi connectivity index (χ0v) is 16.1. The molecule has 3 heterocycles. The number of likely N-dealkylation sites (N-methyl/N-ethyl adjacent to an activating group) is 1. The quantitative estimate of drug-likeness (QED) is 0.791. The highest BCUT2D eigenvalue weighted by Crippen LogP contribution is 2.34. The minimum atomic E-state index is -0.684. The van der Waals surface area contributed by atoms with Gasteiger partial charge in [-0.25, -0.2) is 4.39 Å². The molecule has 0 saturated carbocycles. The SMILES string of the molecule is C[C@@H]1CN(c2c(C=O)cc3c(C(=O)NC4CN(C)C4)noc3c2F)C[C@H](C)O1. The van der Waals surface area contributed by atoms with Gasteiger partial charge < -0.3 is 24.4 Å². The van der Waals surface area contributed by atoms with Crippen molar-refractivity contribution in [2.75, 3.05) is 38.1 Å². The summed E-state index contributed by atoms with van der Waals surface area (Å²) in [6.07, 6.45) is 0.392. The first-order chi connectivity index (χ1) is 13.4. The summed E-state index contributed by atoms with van der Waals surface area (Å²) in [5, 5.41) is 6.82. The molecule has 4 rings (SSSR count). The van der Waals surface area contributed by atoms with Gasteiger partial charge >= 0.3 is 0 Å². The van der Waals surface area contributed by atoms with E-state index in [0.717, 1.165) is 13.1 Å². The molecule has 1 aromatic heterocycles. The predicted octanol–water partition coefficient (Wildman–Crippen LogP) is 1.44. The number of aldehydes is 1.